The molecule has 1 aliphatic carbocycles. The zero-order valence-corrected chi connectivity index (χ0v) is 19.9. The summed E-state index contributed by atoms with van der Waals surface area (Å²) in [7, 11) is 0. The van der Waals surface area contributed by atoms with Crippen LogP contribution < -0.4 is 0 Å². The van der Waals surface area contributed by atoms with Crippen molar-refractivity contribution in [2.45, 2.75) is 89.3 Å². The van der Waals surface area contributed by atoms with Gasteiger partial charge in [0.25, 0.3) is 0 Å². The summed E-state index contributed by atoms with van der Waals surface area (Å²) < 4.78 is 12.1. The molecule has 3 aliphatic heterocycles. The molecule has 6 heteroatoms. The molecule has 4 atom stereocenters. The number of nitrogens with zero attached hydrogens (tertiary/aromatic N) is 2. The Morgan fingerprint density at radius 1 is 1.39 bits per heavy atom. The van der Waals surface area contributed by atoms with Crippen molar-refractivity contribution in [3.8, 4) is 12.3 Å². The molecule has 4 heterocycles. The average molecular weight is 451 g/mol. The van der Waals surface area contributed by atoms with Crippen molar-refractivity contribution in [2.24, 2.45) is 5.41 Å². The number of rotatable bonds is 2. The fraction of sp³-hybridized carbons (Fsp3) is 0.630. The predicted molar refractivity (Wildman–Crippen MR) is 124 cm³/mol. The second-order valence-corrected chi connectivity index (χ2v) is 11.0. The first-order valence-electron chi connectivity index (χ1n) is 12.3. The number of hydrogen-bond acceptors (Lipinski definition) is 4. The maximum Gasteiger partial charge on any atom is 0.410 e. The van der Waals surface area contributed by atoms with Gasteiger partial charge in [0.1, 0.15) is 17.1 Å². The van der Waals surface area contributed by atoms with Crippen LogP contribution in [0.1, 0.15) is 88.3 Å². The maximum absolute atomic E-state index is 13.4. The fourth-order valence-electron chi connectivity index (χ4n) is 6.53. The molecule has 6 nitrogen and oxygen atoms in total. The molecule has 2 fully saturated rings. The van der Waals surface area contributed by atoms with Crippen LogP contribution in [0.4, 0.5) is 4.79 Å². The molecular formula is C27H34N2O4. The standard InChI is InChI=1S/C27H34N2O4/c1-5-6-11-19-15-20-21-13-14-28(25(31)33-26(2,3)4)17-27(21)16-18-10-8-7-9-12-22(30)29(18)24(27)23(20)32-19/h1,8,10,15,18,21,24H,6-7,9,11-14,16-17H2,2-4H3/b10-8-/t18-,21-,24-,27-/m0/s1. The van der Waals surface area contributed by atoms with Crippen molar-refractivity contribution in [2.75, 3.05) is 13.1 Å². The molecule has 1 aromatic rings. The Kier molecular flexibility index (Phi) is 5.34. The lowest BCUT2D eigenvalue weighted by molar-refractivity contribution is -0.135. The van der Waals surface area contributed by atoms with Gasteiger partial charge in [-0.1, -0.05) is 12.2 Å². The summed E-state index contributed by atoms with van der Waals surface area (Å²) in [6, 6.07) is 2.05. The Hall–Kier alpha value is -2.68. The first kappa shape index (κ1) is 22.1. The minimum Gasteiger partial charge on any atom is -0.464 e. The lowest BCUT2D eigenvalue weighted by atomic mass is 9.68. The zero-order chi connectivity index (χ0) is 23.4. The number of hydrogen-bond donors (Lipinski definition) is 0. The van der Waals surface area contributed by atoms with E-state index in [-0.39, 0.29) is 35.4 Å². The number of carbonyl (C=O) groups excluding carboxylic acids is 2. The van der Waals surface area contributed by atoms with Gasteiger partial charge in [0.15, 0.2) is 0 Å². The minimum absolute atomic E-state index is 0.0382. The van der Waals surface area contributed by atoms with Crippen LogP contribution in [-0.4, -0.2) is 46.5 Å². The van der Waals surface area contributed by atoms with Crippen LogP contribution in [0.3, 0.4) is 0 Å². The monoisotopic (exact) mass is 450 g/mol. The van der Waals surface area contributed by atoms with Crippen molar-refractivity contribution in [3.05, 3.63) is 35.3 Å². The van der Waals surface area contributed by atoms with Crippen LogP contribution in [0.5, 0.6) is 0 Å². The number of amides is 2. The molecule has 1 spiro atoms. The first-order chi connectivity index (χ1) is 15.7. The van der Waals surface area contributed by atoms with Crippen LogP contribution in [0.25, 0.3) is 0 Å². The molecule has 33 heavy (non-hydrogen) atoms. The summed E-state index contributed by atoms with van der Waals surface area (Å²) in [4.78, 5) is 30.3. The first-order valence-corrected chi connectivity index (χ1v) is 12.3. The van der Waals surface area contributed by atoms with Crippen LogP contribution >= 0.6 is 0 Å². The molecule has 2 saturated heterocycles. The van der Waals surface area contributed by atoms with E-state index in [4.69, 9.17) is 15.6 Å². The molecular weight excluding hydrogens is 416 g/mol. The molecule has 0 saturated carbocycles. The lowest BCUT2D eigenvalue weighted by Crippen LogP contribution is -2.51. The summed E-state index contributed by atoms with van der Waals surface area (Å²) >= 11 is 0. The second-order valence-electron chi connectivity index (χ2n) is 11.0. The highest BCUT2D eigenvalue weighted by Gasteiger charge is 2.66. The number of ether oxygens (including phenoxy) is 1. The van der Waals surface area contributed by atoms with Gasteiger partial charge in [-0.15, -0.1) is 12.3 Å². The molecule has 0 radical (unpaired) electrons. The van der Waals surface area contributed by atoms with E-state index in [1.807, 2.05) is 25.7 Å². The normalized spacial score (nSPS) is 31.6. The second kappa shape index (κ2) is 7.97. The van der Waals surface area contributed by atoms with E-state index in [1.54, 1.807) is 0 Å². The molecule has 4 aliphatic rings. The number of piperidine rings is 1. The van der Waals surface area contributed by atoms with Gasteiger partial charge in [-0.3, -0.25) is 4.79 Å². The van der Waals surface area contributed by atoms with Crippen molar-refractivity contribution < 1.29 is 18.7 Å². The van der Waals surface area contributed by atoms with Gasteiger partial charge in [0.05, 0.1) is 12.1 Å². The Bertz CT molecular complexity index is 1030. The molecule has 0 bridgehead atoms. The number of furan rings is 1. The molecule has 2 amide bonds. The van der Waals surface area contributed by atoms with Crippen LogP contribution in [0, 0.1) is 17.8 Å². The Balaban J connectivity index is 1.54. The number of terminal acetylenes is 1. The van der Waals surface area contributed by atoms with E-state index in [2.05, 4.69) is 29.0 Å². The number of carbonyl (C=O) groups is 2. The van der Waals surface area contributed by atoms with E-state index >= 15 is 0 Å². The Morgan fingerprint density at radius 3 is 2.97 bits per heavy atom. The lowest BCUT2D eigenvalue weighted by Gasteiger charge is -2.45. The van der Waals surface area contributed by atoms with Crippen LogP contribution in [0.15, 0.2) is 22.6 Å². The molecule has 5 rings (SSSR count). The summed E-state index contributed by atoms with van der Waals surface area (Å²) in [6.45, 7) is 6.91. The van der Waals surface area contributed by atoms with Gasteiger partial charge in [0, 0.05) is 37.8 Å². The highest BCUT2D eigenvalue weighted by Crippen LogP contribution is 2.67. The van der Waals surface area contributed by atoms with Gasteiger partial charge in [-0.25, -0.2) is 4.79 Å². The van der Waals surface area contributed by atoms with E-state index in [1.165, 1.54) is 5.56 Å². The van der Waals surface area contributed by atoms with E-state index in [0.29, 0.717) is 32.4 Å². The summed E-state index contributed by atoms with van der Waals surface area (Å²) in [6.07, 6.45) is 15.0. The molecule has 176 valence electrons. The Morgan fingerprint density at radius 2 is 2.21 bits per heavy atom. The van der Waals surface area contributed by atoms with Crippen molar-refractivity contribution in [3.63, 3.8) is 0 Å². The summed E-state index contributed by atoms with van der Waals surface area (Å²) in [5.74, 6) is 4.96. The van der Waals surface area contributed by atoms with Gasteiger partial charge < -0.3 is 19.0 Å². The van der Waals surface area contributed by atoms with Crippen LogP contribution in [-0.2, 0) is 16.0 Å². The van der Waals surface area contributed by atoms with E-state index in [0.717, 1.165) is 37.2 Å². The topological polar surface area (TPSA) is 63.0 Å². The summed E-state index contributed by atoms with van der Waals surface area (Å²) in [5, 5.41) is 0. The van der Waals surface area contributed by atoms with Gasteiger partial charge in [0.2, 0.25) is 5.91 Å². The molecule has 0 N–H and O–H groups in total. The number of likely N-dealkylation sites (tertiary alicyclic amines) is 1. The Labute approximate surface area is 196 Å². The number of allylic oxidation sites excluding steroid dienone is 1. The zero-order valence-electron chi connectivity index (χ0n) is 19.9. The van der Waals surface area contributed by atoms with Gasteiger partial charge in [-0.2, -0.15) is 0 Å². The smallest absolute Gasteiger partial charge is 0.410 e. The third-order valence-electron chi connectivity index (χ3n) is 7.68. The van der Waals surface area contributed by atoms with Crippen LogP contribution in [0.2, 0.25) is 0 Å². The highest BCUT2D eigenvalue weighted by atomic mass is 16.6. The van der Waals surface area contributed by atoms with Crippen molar-refractivity contribution >= 4 is 12.0 Å². The average Bonchev–Trinajstić information content (AvgIpc) is 3.34. The predicted octanol–water partition coefficient (Wildman–Crippen LogP) is 4.95. The number of fused-ring (bicyclic) bond motifs is 5. The third kappa shape index (κ3) is 3.66. The quantitative estimate of drug-likeness (QED) is 0.472. The largest absolute Gasteiger partial charge is 0.464 e. The molecule has 0 aromatic carbocycles. The molecule has 0 unspecified atom stereocenters. The minimum atomic E-state index is -0.542. The maximum atomic E-state index is 13.4. The van der Waals surface area contributed by atoms with Gasteiger partial charge >= 0.3 is 6.09 Å². The highest BCUT2D eigenvalue weighted by molar-refractivity contribution is 5.79. The van der Waals surface area contributed by atoms with Crippen molar-refractivity contribution in [1.29, 1.82) is 0 Å². The van der Waals surface area contributed by atoms with Crippen molar-refractivity contribution in [1.82, 2.24) is 9.80 Å². The fourth-order valence-corrected chi connectivity index (χ4v) is 6.53. The van der Waals surface area contributed by atoms with E-state index < -0.39 is 5.60 Å². The third-order valence-corrected chi connectivity index (χ3v) is 7.68. The molecule has 1 aromatic heterocycles. The SMILES string of the molecule is C#CCCc1cc2c(o1)[C@@H]1N3C(=O)CCC/C=C\[C@H]3C[C@@]13CN(C(=O)OC(C)(C)C)CC[C@@H]23. The number of aryl methyl sites for hydroxylation is 1. The summed E-state index contributed by atoms with van der Waals surface area (Å²) in [5.41, 5.74) is 0.427. The van der Waals surface area contributed by atoms with E-state index in [9.17, 15) is 9.59 Å². The van der Waals surface area contributed by atoms with Gasteiger partial charge in [-0.05, 0) is 64.0 Å².